The van der Waals surface area contributed by atoms with Gasteiger partial charge in [-0.25, -0.2) is 23.5 Å². The number of carbonyl (C=O) groups excluding carboxylic acids is 2. The Bertz CT molecular complexity index is 1490. The molecule has 12 nitrogen and oxygen atoms in total. The summed E-state index contributed by atoms with van der Waals surface area (Å²) in [7, 11) is 0. The van der Waals surface area contributed by atoms with Crippen molar-refractivity contribution in [3.63, 3.8) is 0 Å². The number of rotatable bonds is 10. The van der Waals surface area contributed by atoms with Gasteiger partial charge in [0, 0.05) is 57.1 Å². The zero-order valence-electron chi connectivity index (χ0n) is 24.5. The number of ether oxygens (including phenoxy) is 1. The lowest BCUT2D eigenvalue weighted by Gasteiger charge is -2.33. The van der Waals surface area contributed by atoms with Gasteiger partial charge in [0.2, 0.25) is 11.8 Å². The summed E-state index contributed by atoms with van der Waals surface area (Å²) in [6, 6.07) is 10.9. The number of nitrogens with one attached hydrogen (secondary N) is 3. The van der Waals surface area contributed by atoms with Crippen LogP contribution in [0.2, 0.25) is 0 Å². The van der Waals surface area contributed by atoms with E-state index in [4.69, 9.17) is 21.8 Å². The van der Waals surface area contributed by atoms with Crippen LogP contribution in [0.25, 0.3) is 0 Å². The van der Waals surface area contributed by atoms with Crippen LogP contribution in [0.15, 0.2) is 54.9 Å². The van der Waals surface area contributed by atoms with Crippen LogP contribution in [0.5, 0.6) is 11.6 Å². The van der Waals surface area contributed by atoms with Crippen LogP contribution in [-0.2, 0) is 16.1 Å². The van der Waals surface area contributed by atoms with E-state index < -0.39 is 23.6 Å². The van der Waals surface area contributed by atoms with E-state index in [1.165, 1.54) is 74.7 Å². The van der Waals surface area contributed by atoms with Crippen LogP contribution in [0, 0.1) is 11.6 Å². The predicted octanol–water partition coefficient (Wildman–Crippen LogP) is 3.78. The highest BCUT2D eigenvalue weighted by Crippen LogP contribution is 2.26. The van der Waals surface area contributed by atoms with Crippen LogP contribution in [-0.4, -0.2) is 94.3 Å². The first kappa shape index (κ1) is 32.1. The topological polar surface area (TPSA) is 124 Å². The maximum atomic E-state index is 14.8. The number of hydroxylamine groups is 2. The van der Waals surface area contributed by atoms with E-state index in [-0.39, 0.29) is 34.7 Å². The molecule has 45 heavy (non-hydrogen) atoms. The monoisotopic (exact) mass is 640 g/mol. The Balaban J connectivity index is 1.05. The van der Waals surface area contributed by atoms with Gasteiger partial charge in [0.1, 0.15) is 18.0 Å². The number of piperazine rings is 1. The minimum absolute atomic E-state index is 0.00453. The molecule has 0 spiro atoms. The van der Waals surface area contributed by atoms with Crippen LogP contribution >= 0.6 is 12.2 Å². The standard InChI is InChI=1S/C30H34F2N8O4S/c31-22-5-3-21(4-6-22)17-27(41)37-29(45)35-23-7-8-25(24(32)18-23)43-28-19-26(33-20-34-28)36-30(42)44-40-15-13-39(14-16-40)12-11-38-9-1-2-10-38/h3-8,18-20H,1-2,9-17H2,(H,33,34,36,42)(H2,35,37,41,45). The first-order chi connectivity index (χ1) is 21.8. The number of hydrogen-bond acceptors (Lipinski definition) is 10. The summed E-state index contributed by atoms with van der Waals surface area (Å²) < 4.78 is 33.4. The highest BCUT2D eigenvalue weighted by atomic mass is 32.1. The third kappa shape index (κ3) is 10.1. The molecule has 2 aromatic carbocycles. The minimum Gasteiger partial charge on any atom is -0.436 e. The molecule has 2 amide bonds. The zero-order chi connectivity index (χ0) is 31.6. The lowest BCUT2D eigenvalue weighted by Crippen LogP contribution is -2.49. The molecule has 3 N–H and O–H groups in total. The highest BCUT2D eigenvalue weighted by molar-refractivity contribution is 7.80. The molecule has 3 aromatic rings. The van der Waals surface area contributed by atoms with Crippen molar-refractivity contribution in [1.82, 2.24) is 30.1 Å². The fraction of sp³-hybridized carbons (Fsp3) is 0.367. The fourth-order valence-corrected chi connectivity index (χ4v) is 5.17. The molecule has 0 saturated carbocycles. The third-order valence-corrected chi connectivity index (χ3v) is 7.49. The summed E-state index contributed by atoms with van der Waals surface area (Å²) in [5, 5.41) is 9.36. The SMILES string of the molecule is O=C(Cc1ccc(F)cc1)NC(=S)Nc1ccc(Oc2cc(NC(=O)ON3CCN(CCN4CCCC4)CC3)ncn2)c(F)c1. The maximum absolute atomic E-state index is 14.8. The van der Waals surface area contributed by atoms with Crippen LogP contribution in [0.3, 0.4) is 0 Å². The molecule has 2 saturated heterocycles. The molecule has 0 unspecified atom stereocenters. The first-order valence-corrected chi connectivity index (χ1v) is 15.0. The van der Waals surface area contributed by atoms with Crippen molar-refractivity contribution >= 4 is 40.8 Å². The van der Waals surface area contributed by atoms with Crippen LogP contribution < -0.4 is 20.7 Å². The second-order valence-electron chi connectivity index (χ2n) is 10.6. The third-order valence-electron chi connectivity index (χ3n) is 7.28. The molecule has 2 aliphatic rings. The molecule has 238 valence electrons. The Morgan fingerprint density at radius 1 is 0.867 bits per heavy atom. The average Bonchev–Trinajstić information content (AvgIpc) is 3.53. The van der Waals surface area contributed by atoms with Gasteiger partial charge >= 0.3 is 6.09 Å². The molecular weight excluding hydrogens is 606 g/mol. The molecule has 2 fully saturated rings. The molecule has 15 heteroatoms. The Kier molecular flexibility index (Phi) is 11.1. The van der Waals surface area contributed by atoms with Crippen molar-refractivity contribution < 1.29 is 27.9 Å². The van der Waals surface area contributed by atoms with Gasteiger partial charge < -0.3 is 25.1 Å². The summed E-state index contributed by atoms with van der Waals surface area (Å²) in [6.07, 6.45) is 3.02. The quantitative estimate of drug-likeness (QED) is 0.281. The summed E-state index contributed by atoms with van der Waals surface area (Å²) >= 11 is 5.14. The van der Waals surface area contributed by atoms with Crippen molar-refractivity contribution in [3.8, 4) is 11.6 Å². The van der Waals surface area contributed by atoms with E-state index in [0.29, 0.717) is 18.7 Å². The van der Waals surface area contributed by atoms with E-state index in [9.17, 15) is 18.4 Å². The number of nitrogens with zero attached hydrogens (tertiary/aromatic N) is 5. The van der Waals surface area contributed by atoms with Gasteiger partial charge in [-0.15, -0.1) is 5.06 Å². The lowest BCUT2D eigenvalue weighted by atomic mass is 10.1. The van der Waals surface area contributed by atoms with E-state index in [1.54, 1.807) is 5.06 Å². The molecule has 5 rings (SSSR count). The van der Waals surface area contributed by atoms with E-state index >= 15 is 0 Å². The van der Waals surface area contributed by atoms with Crippen LogP contribution in [0.1, 0.15) is 18.4 Å². The number of hydrogen-bond donors (Lipinski definition) is 3. The normalized spacial score (nSPS) is 15.8. The number of carbonyl (C=O) groups is 2. The van der Waals surface area contributed by atoms with Crippen molar-refractivity contribution in [3.05, 3.63) is 72.1 Å². The second kappa shape index (κ2) is 15.6. The van der Waals surface area contributed by atoms with E-state index in [2.05, 4.69) is 35.7 Å². The molecule has 0 bridgehead atoms. The molecule has 2 aliphatic heterocycles. The summed E-state index contributed by atoms with van der Waals surface area (Å²) in [5.41, 5.74) is 0.883. The number of thiocarbonyl (C=S) groups is 1. The average molecular weight is 641 g/mol. The summed E-state index contributed by atoms with van der Waals surface area (Å²) in [6.45, 7) is 7.25. The van der Waals surface area contributed by atoms with Crippen LogP contribution in [0.4, 0.5) is 25.1 Å². The van der Waals surface area contributed by atoms with Crippen molar-refractivity contribution in [2.24, 2.45) is 0 Å². The number of benzene rings is 2. The maximum Gasteiger partial charge on any atom is 0.431 e. The zero-order valence-corrected chi connectivity index (χ0v) is 25.3. The Morgan fingerprint density at radius 2 is 1.58 bits per heavy atom. The second-order valence-corrected chi connectivity index (χ2v) is 11.0. The van der Waals surface area contributed by atoms with Crippen molar-refractivity contribution in [2.45, 2.75) is 19.3 Å². The Hall–Kier alpha value is -4.31. The number of halogens is 2. The van der Waals surface area contributed by atoms with Crippen molar-refractivity contribution in [2.75, 3.05) is 63.0 Å². The fourth-order valence-electron chi connectivity index (χ4n) is 4.94. The minimum atomic E-state index is -0.729. The number of amides is 2. The van der Waals surface area contributed by atoms with E-state index in [1.807, 2.05) is 0 Å². The predicted molar refractivity (Wildman–Crippen MR) is 167 cm³/mol. The van der Waals surface area contributed by atoms with Gasteiger partial charge in [-0.2, -0.15) is 0 Å². The van der Waals surface area contributed by atoms with Gasteiger partial charge in [0.25, 0.3) is 0 Å². The van der Waals surface area contributed by atoms with E-state index in [0.717, 1.165) is 32.2 Å². The molecule has 0 aliphatic carbocycles. The number of likely N-dealkylation sites (tertiary alicyclic amines) is 1. The van der Waals surface area contributed by atoms with Gasteiger partial charge in [-0.1, -0.05) is 12.1 Å². The highest BCUT2D eigenvalue weighted by Gasteiger charge is 2.22. The first-order valence-electron chi connectivity index (χ1n) is 14.6. The molecule has 0 radical (unpaired) electrons. The summed E-state index contributed by atoms with van der Waals surface area (Å²) in [5.74, 6) is -1.56. The Labute approximate surface area is 264 Å². The smallest absolute Gasteiger partial charge is 0.431 e. The molecule has 0 atom stereocenters. The van der Waals surface area contributed by atoms with Gasteiger partial charge in [-0.3, -0.25) is 15.0 Å². The molecule has 3 heterocycles. The van der Waals surface area contributed by atoms with Crippen molar-refractivity contribution in [1.29, 1.82) is 0 Å². The number of anilines is 2. The molecule has 1 aromatic heterocycles. The largest absolute Gasteiger partial charge is 0.436 e. The molecular formula is C30H34F2N8O4S. The Morgan fingerprint density at radius 3 is 2.29 bits per heavy atom. The van der Waals surface area contributed by atoms with Gasteiger partial charge in [0.05, 0.1) is 6.42 Å². The number of aromatic nitrogens is 2. The van der Waals surface area contributed by atoms with Gasteiger partial charge in [-0.05, 0) is 68.0 Å². The lowest BCUT2D eigenvalue weighted by molar-refractivity contribution is -0.119. The summed E-state index contributed by atoms with van der Waals surface area (Å²) in [4.78, 5) is 42.9. The van der Waals surface area contributed by atoms with Gasteiger partial charge in [0.15, 0.2) is 16.7 Å².